The van der Waals surface area contributed by atoms with Gasteiger partial charge < -0.3 is 9.88 Å². The number of piperazine rings is 1. The zero-order valence-corrected chi connectivity index (χ0v) is 19.2. The van der Waals surface area contributed by atoms with Gasteiger partial charge in [0.05, 0.1) is 15.9 Å². The molecule has 1 aromatic heterocycles. The maximum atomic E-state index is 13.2. The van der Waals surface area contributed by atoms with Gasteiger partial charge in [0, 0.05) is 32.7 Å². The molecule has 0 radical (unpaired) electrons. The Labute approximate surface area is 183 Å². The minimum absolute atomic E-state index is 0.0825. The largest absolute Gasteiger partial charge is 0.326 e. The van der Waals surface area contributed by atoms with Crippen molar-refractivity contribution < 1.29 is 8.42 Å². The smallest absolute Gasteiger partial charge is 0.306 e. The van der Waals surface area contributed by atoms with Gasteiger partial charge in [0.2, 0.25) is 10.0 Å². The predicted molar refractivity (Wildman–Crippen MR) is 123 cm³/mol. The number of sulfonamides is 1. The third kappa shape index (κ3) is 4.33. The van der Waals surface area contributed by atoms with Crippen LogP contribution in [0.15, 0.2) is 46.1 Å². The minimum Gasteiger partial charge on any atom is -0.306 e. The molecular formula is C23H30N4O3S. The highest BCUT2D eigenvalue weighted by Crippen LogP contribution is 2.26. The Bertz CT molecular complexity index is 1230. The molecule has 4 rings (SSSR count). The zero-order chi connectivity index (χ0) is 22.2. The molecule has 1 aliphatic heterocycles. The second kappa shape index (κ2) is 8.61. The quantitative estimate of drug-likeness (QED) is 0.637. The summed E-state index contributed by atoms with van der Waals surface area (Å²) in [4.78, 5) is 17.8. The van der Waals surface area contributed by atoms with Crippen molar-refractivity contribution >= 4 is 21.1 Å². The van der Waals surface area contributed by atoms with Crippen molar-refractivity contribution in [2.75, 3.05) is 32.7 Å². The molecule has 1 aliphatic rings. The maximum absolute atomic E-state index is 13.2. The predicted octanol–water partition coefficient (Wildman–Crippen LogP) is 2.65. The normalized spacial score (nSPS) is 16.2. The van der Waals surface area contributed by atoms with Crippen LogP contribution in [0.1, 0.15) is 23.1 Å². The molecule has 2 aromatic carbocycles. The molecule has 0 aliphatic carbocycles. The highest BCUT2D eigenvalue weighted by Gasteiger charge is 2.30. The highest BCUT2D eigenvalue weighted by molar-refractivity contribution is 7.89. The summed E-state index contributed by atoms with van der Waals surface area (Å²) in [5, 5.41) is 0. The van der Waals surface area contributed by atoms with E-state index < -0.39 is 10.0 Å². The van der Waals surface area contributed by atoms with Crippen LogP contribution in [-0.4, -0.2) is 59.9 Å². The Kier molecular flexibility index (Phi) is 6.05. The van der Waals surface area contributed by atoms with E-state index in [2.05, 4.69) is 9.88 Å². The molecule has 8 heteroatoms. The molecule has 0 atom stereocenters. The third-order valence-electron chi connectivity index (χ3n) is 6.07. The van der Waals surface area contributed by atoms with Crippen LogP contribution >= 0.6 is 0 Å². The number of nitrogens with one attached hydrogen (secondary N) is 1. The first-order valence-corrected chi connectivity index (χ1v) is 12.2. The van der Waals surface area contributed by atoms with Crippen molar-refractivity contribution in [2.24, 2.45) is 0 Å². The van der Waals surface area contributed by atoms with Gasteiger partial charge in [-0.05, 0) is 57.0 Å². The van der Waals surface area contributed by atoms with Gasteiger partial charge in [-0.3, -0.25) is 4.57 Å². The lowest BCUT2D eigenvalue weighted by molar-refractivity contribution is 0.184. The highest BCUT2D eigenvalue weighted by atomic mass is 32.2. The van der Waals surface area contributed by atoms with Gasteiger partial charge >= 0.3 is 5.69 Å². The fourth-order valence-electron chi connectivity index (χ4n) is 4.68. The van der Waals surface area contributed by atoms with Crippen LogP contribution in [0.2, 0.25) is 0 Å². The number of hydrogen-bond donors (Lipinski definition) is 1. The fourth-order valence-corrected chi connectivity index (χ4v) is 6.51. The van der Waals surface area contributed by atoms with E-state index in [0.29, 0.717) is 37.6 Å². The number of benzene rings is 2. The van der Waals surface area contributed by atoms with E-state index in [9.17, 15) is 13.2 Å². The summed E-state index contributed by atoms with van der Waals surface area (Å²) in [6.45, 7) is 9.58. The van der Waals surface area contributed by atoms with E-state index in [4.69, 9.17) is 0 Å². The summed E-state index contributed by atoms with van der Waals surface area (Å²) in [7, 11) is -3.49. The molecule has 1 saturated heterocycles. The number of aromatic amines is 1. The number of para-hydroxylation sites is 2. The van der Waals surface area contributed by atoms with Crippen LogP contribution in [0.3, 0.4) is 0 Å². The van der Waals surface area contributed by atoms with Crippen LogP contribution in [0, 0.1) is 20.8 Å². The number of nitrogens with zero attached hydrogens (tertiary/aromatic N) is 3. The number of imidazole rings is 1. The first-order chi connectivity index (χ1) is 14.8. The molecule has 2 heterocycles. The van der Waals surface area contributed by atoms with Gasteiger partial charge in [0.15, 0.2) is 0 Å². The minimum atomic E-state index is -3.49. The van der Waals surface area contributed by atoms with Crippen molar-refractivity contribution in [3.8, 4) is 0 Å². The van der Waals surface area contributed by atoms with Crippen molar-refractivity contribution in [1.29, 1.82) is 0 Å². The van der Waals surface area contributed by atoms with E-state index >= 15 is 0 Å². The van der Waals surface area contributed by atoms with E-state index in [1.807, 2.05) is 57.2 Å². The number of rotatable bonds is 6. The van der Waals surface area contributed by atoms with E-state index in [1.165, 1.54) is 0 Å². The first kappa shape index (κ1) is 21.8. The second-order valence-corrected chi connectivity index (χ2v) is 10.3. The van der Waals surface area contributed by atoms with Gasteiger partial charge in [-0.1, -0.05) is 29.8 Å². The molecule has 166 valence electrons. The Hall–Kier alpha value is -2.42. The van der Waals surface area contributed by atoms with Crippen LogP contribution in [0.5, 0.6) is 0 Å². The zero-order valence-electron chi connectivity index (χ0n) is 18.4. The Morgan fingerprint density at radius 1 is 0.935 bits per heavy atom. The Morgan fingerprint density at radius 3 is 2.26 bits per heavy atom. The van der Waals surface area contributed by atoms with E-state index in [-0.39, 0.29) is 5.69 Å². The lowest BCUT2D eigenvalue weighted by Crippen LogP contribution is -2.49. The molecule has 0 saturated carbocycles. The first-order valence-electron chi connectivity index (χ1n) is 10.8. The number of hydrogen-bond acceptors (Lipinski definition) is 4. The average Bonchev–Trinajstić information content (AvgIpc) is 3.03. The monoisotopic (exact) mass is 442 g/mol. The summed E-state index contributed by atoms with van der Waals surface area (Å²) in [6.07, 6.45) is 0.838. The van der Waals surface area contributed by atoms with E-state index in [1.54, 1.807) is 8.87 Å². The van der Waals surface area contributed by atoms with Crippen molar-refractivity contribution in [3.05, 3.63) is 63.6 Å². The Balaban J connectivity index is 1.36. The molecule has 0 unspecified atom stereocenters. The third-order valence-corrected chi connectivity index (χ3v) is 8.28. The average molecular weight is 443 g/mol. The lowest BCUT2D eigenvalue weighted by atomic mass is 10.1. The standard InChI is InChI=1S/C23H30N4O3S/c1-17-15-18(2)22(19(3)16-17)31(29,30)26-13-11-25(12-14-26)9-6-10-27-21-8-5-4-7-20(21)24-23(27)28/h4-5,7-8,15-16H,6,9-14H2,1-3H3,(H,24,28). The SMILES string of the molecule is Cc1cc(C)c(S(=O)(=O)N2CCN(CCCn3c(=O)[nH]c4ccccc43)CC2)c(C)c1. The summed E-state index contributed by atoms with van der Waals surface area (Å²) >= 11 is 0. The summed E-state index contributed by atoms with van der Waals surface area (Å²) in [5.74, 6) is 0. The number of aryl methyl sites for hydroxylation is 4. The van der Waals surface area contributed by atoms with E-state index in [0.717, 1.165) is 40.7 Å². The van der Waals surface area contributed by atoms with Crippen molar-refractivity contribution in [1.82, 2.24) is 18.8 Å². The Morgan fingerprint density at radius 2 is 1.58 bits per heavy atom. The van der Waals surface area contributed by atoms with Gasteiger partial charge in [-0.25, -0.2) is 13.2 Å². The molecule has 0 spiro atoms. The van der Waals surface area contributed by atoms with Crippen LogP contribution < -0.4 is 5.69 Å². The summed E-state index contributed by atoms with van der Waals surface area (Å²) in [5.41, 5.74) is 4.39. The molecule has 31 heavy (non-hydrogen) atoms. The van der Waals surface area contributed by atoms with Gasteiger partial charge in [-0.2, -0.15) is 4.31 Å². The second-order valence-electron chi connectivity index (χ2n) is 8.43. The molecule has 3 aromatic rings. The molecule has 1 N–H and O–H groups in total. The number of aromatic nitrogens is 2. The van der Waals surface area contributed by atoms with Crippen molar-refractivity contribution in [2.45, 2.75) is 38.6 Å². The molecule has 7 nitrogen and oxygen atoms in total. The fraction of sp³-hybridized carbons (Fsp3) is 0.435. The molecule has 1 fully saturated rings. The van der Waals surface area contributed by atoms with Gasteiger partial charge in [0.25, 0.3) is 0 Å². The molecule has 0 amide bonds. The van der Waals surface area contributed by atoms with Gasteiger partial charge in [-0.15, -0.1) is 0 Å². The number of fused-ring (bicyclic) bond motifs is 1. The van der Waals surface area contributed by atoms with Crippen LogP contribution in [-0.2, 0) is 16.6 Å². The summed E-state index contributed by atoms with van der Waals surface area (Å²) < 4.78 is 29.9. The van der Waals surface area contributed by atoms with Crippen LogP contribution in [0.25, 0.3) is 11.0 Å². The molecule has 0 bridgehead atoms. The summed E-state index contributed by atoms with van der Waals surface area (Å²) in [6, 6.07) is 11.6. The number of H-pyrrole nitrogens is 1. The molecular weight excluding hydrogens is 412 g/mol. The van der Waals surface area contributed by atoms with Crippen molar-refractivity contribution in [3.63, 3.8) is 0 Å². The maximum Gasteiger partial charge on any atom is 0.326 e. The topological polar surface area (TPSA) is 78.4 Å². The lowest BCUT2D eigenvalue weighted by Gasteiger charge is -2.34. The van der Waals surface area contributed by atoms with Crippen LogP contribution in [0.4, 0.5) is 0 Å². The van der Waals surface area contributed by atoms with Gasteiger partial charge in [0.1, 0.15) is 0 Å².